The molecule has 0 radical (unpaired) electrons. The summed E-state index contributed by atoms with van der Waals surface area (Å²) >= 11 is 2.94. The Kier molecular flexibility index (Phi) is 3.78. The van der Waals surface area contributed by atoms with Gasteiger partial charge < -0.3 is 10.2 Å². The maximum Gasteiger partial charge on any atom is 0.137 e. The largest absolute Gasteiger partial charge is 0.466 e. The molecule has 0 saturated carbocycles. The third-order valence-corrected chi connectivity index (χ3v) is 3.91. The normalized spacial score (nSPS) is 12.8. The summed E-state index contributed by atoms with van der Waals surface area (Å²) in [7, 11) is 0. The van der Waals surface area contributed by atoms with Crippen LogP contribution in [0, 0.1) is 32.4 Å². The molecule has 1 aromatic heterocycles. The highest BCUT2D eigenvalue weighted by Gasteiger charge is 2.23. The van der Waals surface area contributed by atoms with E-state index in [2.05, 4.69) is 15.9 Å². The number of halogens is 3. The van der Waals surface area contributed by atoms with Gasteiger partial charge in [0.1, 0.15) is 23.2 Å². The van der Waals surface area contributed by atoms with E-state index in [0.29, 0.717) is 11.3 Å². The monoisotopic (exact) mass is 329 g/mol. The second kappa shape index (κ2) is 5.06. The summed E-state index contributed by atoms with van der Waals surface area (Å²) in [5.41, 5.74) is 7.76. The highest BCUT2D eigenvalue weighted by molar-refractivity contribution is 9.10. The van der Waals surface area contributed by atoms with E-state index in [1.54, 1.807) is 6.92 Å². The summed E-state index contributed by atoms with van der Waals surface area (Å²) in [5.74, 6) is 0.284. The highest BCUT2D eigenvalue weighted by atomic mass is 79.9. The van der Waals surface area contributed by atoms with Gasteiger partial charge in [-0.2, -0.15) is 0 Å². The molecule has 0 aliphatic heterocycles. The lowest BCUT2D eigenvalue weighted by Crippen LogP contribution is -2.15. The van der Waals surface area contributed by atoms with Crippen molar-refractivity contribution in [3.05, 3.63) is 56.5 Å². The first-order valence-corrected chi connectivity index (χ1v) is 6.58. The predicted octanol–water partition coefficient (Wildman–Crippen LogP) is 4.29. The van der Waals surface area contributed by atoms with Crippen LogP contribution in [0.15, 0.2) is 21.0 Å². The molecule has 2 rings (SSSR count). The van der Waals surface area contributed by atoms with Crippen LogP contribution in [0.25, 0.3) is 0 Å². The van der Waals surface area contributed by atoms with Crippen LogP contribution in [0.3, 0.4) is 0 Å². The van der Waals surface area contributed by atoms with E-state index in [9.17, 15) is 8.78 Å². The Bertz CT molecular complexity index is 637. The van der Waals surface area contributed by atoms with Crippen LogP contribution in [-0.4, -0.2) is 0 Å². The van der Waals surface area contributed by atoms with Crippen LogP contribution in [-0.2, 0) is 0 Å². The fraction of sp³-hybridized carbons (Fsp3) is 0.286. The number of furan rings is 1. The quantitative estimate of drug-likeness (QED) is 0.834. The summed E-state index contributed by atoms with van der Waals surface area (Å²) < 4.78 is 33.0. The molecular formula is C14H14BrF2NO. The molecule has 0 aliphatic carbocycles. The van der Waals surface area contributed by atoms with Gasteiger partial charge in [0.25, 0.3) is 0 Å². The number of nitrogens with two attached hydrogens (primary N) is 1. The average molecular weight is 330 g/mol. The molecule has 0 aliphatic rings. The van der Waals surface area contributed by atoms with Crippen molar-refractivity contribution in [1.29, 1.82) is 0 Å². The molecule has 0 fully saturated rings. The van der Waals surface area contributed by atoms with E-state index in [1.165, 1.54) is 0 Å². The first-order chi connectivity index (χ1) is 8.82. The van der Waals surface area contributed by atoms with Gasteiger partial charge in [0.15, 0.2) is 0 Å². The van der Waals surface area contributed by atoms with Crippen molar-refractivity contribution in [3.8, 4) is 0 Å². The molecule has 0 spiro atoms. The van der Waals surface area contributed by atoms with E-state index in [0.717, 1.165) is 23.5 Å². The van der Waals surface area contributed by atoms with Crippen molar-refractivity contribution in [2.75, 3.05) is 0 Å². The number of hydrogen-bond acceptors (Lipinski definition) is 2. The van der Waals surface area contributed by atoms with Gasteiger partial charge in [-0.1, -0.05) is 0 Å². The minimum Gasteiger partial charge on any atom is -0.466 e. The fourth-order valence-corrected chi connectivity index (χ4v) is 2.51. The molecule has 0 amide bonds. The van der Waals surface area contributed by atoms with E-state index in [-0.39, 0.29) is 10.0 Å². The van der Waals surface area contributed by atoms with Crippen molar-refractivity contribution in [3.63, 3.8) is 0 Å². The summed E-state index contributed by atoms with van der Waals surface area (Å²) in [6.45, 7) is 5.44. The molecular weight excluding hydrogens is 316 g/mol. The molecule has 5 heteroatoms. The molecule has 102 valence electrons. The summed E-state index contributed by atoms with van der Waals surface area (Å²) in [6.07, 6.45) is 0. The summed E-state index contributed by atoms with van der Waals surface area (Å²) in [4.78, 5) is 0. The topological polar surface area (TPSA) is 39.2 Å². The number of hydrogen-bond donors (Lipinski definition) is 1. The first kappa shape index (κ1) is 14.2. The lowest BCUT2D eigenvalue weighted by atomic mass is 9.96. The molecule has 1 heterocycles. The lowest BCUT2D eigenvalue weighted by Gasteiger charge is -2.14. The maximum atomic E-state index is 13.9. The Balaban J connectivity index is 2.56. The smallest absolute Gasteiger partial charge is 0.137 e. The van der Waals surface area contributed by atoms with Gasteiger partial charge in [0.2, 0.25) is 0 Å². The van der Waals surface area contributed by atoms with Crippen LogP contribution in [0.2, 0.25) is 0 Å². The minimum atomic E-state index is -0.750. The average Bonchev–Trinajstić information content (AvgIpc) is 2.57. The van der Waals surface area contributed by atoms with E-state index in [1.807, 2.05) is 13.8 Å². The van der Waals surface area contributed by atoms with E-state index >= 15 is 0 Å². The van der Waals surface area contributed by atoms with Crippen LogP contribution in [0.4, 0.5) is 8.78 Å². The van der Waals surface area contributed by atoms with Gasteiger partial charge in [-0.3, -0.25) is 0 Å². The molecule has 0 bridgehead atoms. The van der Waals surface area contributed by atoms with Gasteiger partial charge >= 0.3 is 0 Å². The van der Waals surface area contributed by atoms with Crippen molar-refractivity contribution < 1.29 is 13.2 Å². The van der Waals surface area contributed by atoms with Crippen LogP contribution >= 0.6 is 15.9 Å². The molecule has 2 N–H and O–H groups in total. The number of rotatable bonds is 2. The molecule has 1 aromatic carbocycles. The minimum absolute atomic E-state index is 0.0813. The standard InChI is InChI=1S/C14H14BrF2NO/c1-6-7(2)19-8(3)13(6)14(18)9-4-12(17)10(15)5-11(9)16/h4-5,14H,18H2,1-3H3. The van der Waals surface area contributed by atoms with Crippen LogP contribution in [0.1, 0.15) is 34.3 Å². The third-order valence-electron chi connectivity index (χ3n) is 3.30. The third kappa shape index (κ3) is 2.44. The lowest BCUT2D eigenvalue weighted by molar-refractivity contribution is 0.497. The molecule has 2 nitrogen and oxygen atoms in total. The zero-order valence-corrected chi connectivity index (χ0v) is 12.4. The van der Waals surface area contributed by atoms with Crippen LogP contribution in [0.5, 0.6) is 0 Å². The molecule has 2 aromatic rings. The van der Waals surface area contributed by atoms with E-state index < -0.39 is 17.7 Å². The zero-order chi connectivity index (χ0) is 14.3. The Morgan fingerprint density at radius 1 is 1.11 bits per heavy atom. The maximum absolute atomic E-state index is 13.9. The zero-order valence-electron chi connectivity index (χ0n) is 10.9. The van der Waals surface area contributed by atoms with Gasteiger partial charge in [-0.05, 0) is 54.4 Å². The predicted molar refractivity (Wildman–Crippen MR) is 73.0 cm³/mol. The number of aryl methyl sites for hydroxylation is 2. The second-order valence-electron chi connectivity index (χ2n) is 4.52. The summed E-state index contributed by atoms with van der Waals surface area (Å²) in [5, 5.41) is 0. The molecule has 19 heavy (non-hydrogen) atoms. The molecule has 0 saturated heterocycles. The van der Waals surface area contributed by atoms with Gasteiger partial charge in [0, 0.05) is 11.1 Å². The van der Waals surface area contributed by atoms with Crippen molar-refractivity contribution in [2.24, 2.45) is 5.73 Å². The Labute approximate surface area is 118 Å². The SMILES string of the molecule is Cc1oc(C)c(C(N)c2cc(F)c(Br)cc2F)c1C. The van der Waals surface area contributed by atoms with Crippen molar-refractivity contribution >= 4 is 15.9 Å². The summed E-state index contributed by atoms with van der Waals surface area (Å²) in [6, 6.07) is 1.45. The second-order valence-corrected chi connectivity index (χ2v) is 5.37. The van der Waals surface area contributed by atoms with Crippen molar-refractivity contribution in [1.82, 2.24) is 0 Å². The Morgan fingerprint density at radius 2 is 1.74 bits per heavy atom. The van der Waals surface area contributed by atoms with Gasteiger partial charge in [0.05, 0.1) is 10.5 Å². The van der Waals surface area contributed by atoms with Crippen molar-refractivity contribution in [2.45, 2.75) is 26.8 Å². The highest BCUT2D eigenvalue weighted by Crippen LogP contribution is 2.32. The Hall–Kier alpha value is -1.20. The Morgan fingerprint density at radius 3 is 2.26 bits per heavy atom. The van der Waals surface area contributed by atoms with Gasteiger partial charge in [-0.25, -0.2) is 8.78 Å². The first-order valence-electron chi connectivity index (χ1n) is 5.79. The molecule has 1 unspecified atom stereocenters. The fourth-order valence-electron chi connectivity index (χ4n) is 2.20. The van der Waals surface area contributed by atoms with Gasteiger partial charge in [-0.15, -0.1) is 0 Å². The van der Waals surface area contributed by atoms with E-state index in [4.69, 9.17) is 10.2 Å². The molecule has 1 atom stereocenters. The number of benzene rings is 1. The van der Waals surface area contributed by atoms with Crippen LogP contribution < -0.4 is 5.73 Å².